The highest BCUT2D eigenvalue weighted by Gasteiger charge is 2.14. The Kier molecular flexibility index (Phi) is 5.20. The molecule has 0 radical (unpaired) electrons. The van der Waals surface area contributed by atoms with Gasteiger partial charge < -0.3 is 5.32 Å². The molecule has 30 heavy (non-hydrogen) atoms. The second-order valence-corrected chi connectivity index (χ2v) is 8.40. The molecule has 4 aromatic rings. The number of amides is 1. The van der Waals surface area contributed by atoms with Crippen molar-refractivity contribution in [1.82, 2.24) is 10.2 Å². The maximum Gasteiger partial charge on any atom is 0.234 e. The van der Waals surface area contributed by atoms with E-state index in [-0.39, 0.29) is 5.91 Å². The molecule has 0 fully saturated rings. The van der Waals surface area contributed by atoms with Gasteiger partial charge >= 0.3 is 0 Å². The van der Waals surface area contributed by atoms with Gasteiger partial charge in [0.25, 0.3) is 0 Å². The Morgan fingerprint density at radius 2 is 1.63 bits per heavy atom. The topological polar surface area (TPSA) is 54.9 Å². The van der Waals surface area contributed by atoms with Crippen LogP contribution in [0.15, 0.2) is 77.8 Å². The van der Waals surface area contributed by atoms with Crippen LogP contribution in [0.4, 0.5) is 5.69 Å². The number of hydrogen-bond donors (Lipinski definition) is 1. The van der Waals surface area contributed by atoms with Crippen LogP contribution in [-0.2, 0) is 17.6 Å². The van der Waals surface area contributed by atoms with Crippen molar-refractivity contribution in [3.8, 4) is 11.3 Å². The summed E-state index contributed by atoms with van der Waals surface area (Å²) in [7, 11) is 0. The van der Waals surface area contributed by atoms with Crippen LogP contribution in [0.5, 0.6) is 0 Å². The molecule has 3 aromatic carbocycles. The molecule has 0 bridgehead atoms. The van der Waals surface area contributed by atoms with Gasteiger partial charge in [-0.3, -0.25) is 4.79 Å². The summed E-state index contributed by atoms with van der Waals surface area (Å²) in [6.45, 7) is 0. The van der Waals surface area contributed by atoms with Crippen LogP contribution in [0.25, 0.3) is 22.0 Å². The zero-order valence-electron chi connectivity index (χ0n) is 16.5. The zero-order valence-corrected chi connectivity index (χ0v) is 17.3. The lowest BCUT2D eigenvalue weighted by atomic mass is 10.1. The Morgan fingerprint density at radius 3 is 2.50 bits per heavy atom. The minimum Gasteiger partial charge on any atom is -0.325 e. The number of anilines is 1. The number of thioether (sulfide) groups is 1. The molecule has 0 aliphatic heterocycles. The zero-order chi connectivity index (χ0) is 20.3. The summed E-state index contributed by atoms with van der Waals surface area (Å²) < 4.78 is 0. The number of nitrogens with one attached hydrogen (secondary N) is 1. The van der Waals surface area contributed by atoms with Crippen LogP contribution >= 0.6 is 11.8 Å². The second-order valence-electron chi connectivity index (χ2n) is 7.44. The number of hydrogen-bond acceptors (Lipinski definition) is 4. The lowest BCUT2D eigenvalue weighted by Gasteiger charge is -2.10. The first kappa shape index (κ1) is 18.8. The van der Waals surface area contributed by atoms with Crippen LogP contribution < -0.4 is 5.32 Å². The maximum absolute atomic E-state index is 12.5. The summed E-state index contributed by atoms with van der Waals surface area (Å²) in [6, 6.07) is 24.4. The van der Waals surface area contributed by atoms with Crippen molar-refractivity contribution in [2.45, 2.75) is 24.3 Å². The number of benzene rings is 3. The van der Waals surface area contributed by atoms with Gasteiger partial charge in [-0.25, -0.2) is 0 Å². The maximum atomic E-state index is 12.5. The number of fused-ring (bicyclic) bond motifs is 2. The average molecular weight is 412 g/mol. The minimum absolute atomic E-state index is 0.0315. The first-order valence-electron chi connectivity index (χ1n) is 10.1. The van der Waals surface area contributed by atoms with E-state index in [1.54, 1.807) is 0 Å². The number of aromatic nitrogens is 2. The van der Waals surface area contributed by atoms with Crippen molar-refractivity contribution in [2.24, 2.45) is 0 Å². The molecule has 4 nitrogen and oxygen atoms in total. The fourth-order valence-electron chi connectivity index (χ4n) is 3.98. The van der Waals surface area contributed by atoms with E-state index in [9.17, 15) is 4.79 Å². The highest BCUT2D eigenvalue weighted by molar-refractivity contribution is 8.00. The van der Waals surface area contributed by atoms with Gasteiger partial charge in [-0.1, -0.05) is 72.4 Å². The molecule has 0 saturated heterocycles. The van der Waals surface area contributed by atoms with E-state index >= 15 is 0 Å². The van der Waals surface area contributed by atoms with Crippen molar-refractivity contribution in [3.05, 3.63) is 83.9 Å². The number of carbonyl (C=O) groups is 1. The van der Waals surface area contributed by atoms with Crippen LogP contribution in [0.1, 0.15) is 17.5 Å². The Morgan fingerprint density at radius 1 is 0.867 bits per heavy atom. The van der Waals surface area contributed by atoms with Gasteiger partial charge in [0.15, 0.2) is 0 Å². The van der Waals surface area contributed by atoms with Crippen molar-refractivity contribution in [1.29, 1.82) is 0 Å². The third-order valence-corrected chi connectivity index (χ3v) is 6.40. The molecule has 0 atom stereocenters. The normalized spacial score (nSPS) is 12.7. The van der Waals surface area contributed by atoms with Crippen LogP contribution in [-0.4, -0.2) is 21.9 Å². The summed E-state index contributed by atoms with van der Waals surface area (Å²) in [6.07, 6.45) is 3.45. The fourth-order valence-corrected chi connectivity index (χ4v) is 4.75. The number of rotatable bonds is 5. The summed E-state index contributed by atoms with van der Waals surface area (Å²) in [5.41, 5.74) is 5.53. The lowest BCUT2D eigenvalue weighted by molar-refractivity contribution is -0.113. The summed E-state index contributed by atoms with van der Waals surface area (Å²) in [4.78, 5) is 12.5. The Bertz CT molecular complexity index is 1220. The van der Waals surface area contributed by atoms with E-state index in [4.69, 9.17) is 0 Å². The third kappa shape index (κ3) is 3.81. The predicted molar refractivity (Wildman–Crippen MR) is 123 cm³/mol. The quantitative estimate of drug-likeness (QED) is 0.440. The minimum atomic E-state index is -0.0315. The van der Waals surface area contributed by atoms with Gasteiger partial charge in [-0.2, -0.15) is 0 Å². The van der Waals surface area contributed by atoms with Gasteiger partial charge in [-0.05, 0) is 42.5 Å². The predicted octanol–water partition coefficient (Wildman–Crippen LogP) is 5.52. The molecule has 1 amide bonds. The van der Waals surface area contributed by atoms with Crippen molar-refractivity contribution in [2.75, 3.05) is 11.1 Å². The Hall–Kier alpha value is -3.18. The number of carbonyl (C=O) groups excluding carboxylic acids is 1. The first-order chi connectivity index (χ1) is 14.8. The van der Waals surface area contributed by atoms with E-state index < -0.39 is 0 Å². The highest BCUT2D eigenvalue weighted by Crippen LogP contribution is 2.32. The Labute approximate surface area is 179 Å². The van der Waals surface area contributed by atoms with E-state index in [0.29, 0.717) is 5.75 Å². The van der Waals surface area contributed by atoms with Crippen molar-refractivity contribution >= 4 is 34.1 Å². The molecule has 1 N–H and O–H groups in total. The van der Waals surface area contributed by atoms with Crippen LogP contribution in [0.2, 0.25) is 0 Å². The fraction of sp³-hybridized carbons (Fsp3) is 0.160. The average Bonchev–Trinajstić information content (AvgIpc) is 3.26. The van der Waals surface area contributed by atoms with Crippen molar-refractivity contribution < 1.29 is 4.79 Å². The molecule has 5 heteroatoms. The molecule has 0 unspecified atom stereocenters. The summed E-state index contributed by atoms with van der Waals surface area (Å²) in [5, 5.41) is 14.8. The van der Waals surface area contributed by atoms with Gasteiger partial charge in [0.2, 0.25) is 5.91 Å². The molecule has 1 aliphatic rings. The molecule has 1 aliphatic carbocycles. The van der Waals surface area contributed by atoms with Crippen molar-refractivity contribution in [3.63, 3.8) is 0 Å². The molecule has 0 saturated carbocycles. The molecule has 1 aromatic heterocycles. The van der Waals surface area contributed by atoms with Crippen LogP contribution in [0.3, 0.4) is 0 Å². The smallest absolute Gasteiger partial charge is 0.234 e. The largest absolute Gasteiger partial charge is 0.325 e. The number of nitrogens with zero attached hydrogens (tertiary/aromatic N) is 2. The van der Waals surface area contributed by atoms with E-state index in [2.05, 4.69) is 33.7 Å². The summed E-state index contributed by atoms with van der Waals surface area (Å²) >= 11 is 1.42. The third-order valence-electron chi connectivity index (χ3n) is 5.42. The highest BCUT2D eigenvalue weighted by atomic mass is 32.2. The van der Waals surface area contributed by atoms with E-state index in [0.717, 1.165) is 45.6 Å². The van der Waals surface area contributed by atoms with E-state index in [1.807, 2.05) is 54.6 Å². The van der Waals surface area contributed by atoms with E-state index in [1.165, 1.54) is 29.3 Å². The monoisotopic (exact) mass is 411 g/mol. The standard InChI is InChI=1S/C25H21N3OS/c29-23(26-20-14-13-17-9-6-10-19(17)15-20)16-30-25-22-12-5-4-11-21(22)24(27-28-25)18-7-2-1-3-8-18/h1-5,7-8,11-15H,6,9-10,16H2,(H,26,29). The van der Waals surface area contributed by atoms with Gasteiger partial charge in [0, 0.05) is 22.0 Å². The van der Waals surface area contributed by atoms with Crippen LogP contribution in [0, 0.1) is 0 Å². The van der Waals surface area contributed by atoms with Gasteiger partial charge in [-0.15, -0.1) is 10.2 Å². The van der Waals surface area contributed by atoms with Gasteiger partial charge in [0.05, 0.1) is 5.75 Å². The summed E-state index contributed by atoms with van der Waals surface area (Å²) in [5.74, 6) is 0.261. The SMILES string of the molecule is O=C(CSc1nnc(-c2ccccc2)c2ccccc12)Nc1ccc2c(c1)CCC2. The first-order valence-corrected chi connectivity index (χ1v) is 11.1. The second kappa shape index (κ2) is 8.28. The lowest BCUT2D eigenvalue weighted by Crippen LogP contribution is -2.14. The number of aryl methyl sites for hydroxylation is 2. The molecule has 0 spiro atoms. The Balaban J connectivity index is 1.34. The molecular formula is C25H21N3OS. The molecule has 1 heterocycles. The van der Waals surface area contributed by atoms with Gasteiger partial charge in [0.1, 0.15) is 10.7 Å². The molecular weight excluding hydrogens is 390 g/mol. The molecule has 5 rings (SSSR count). The molecule has 148 valence electrons.